The fourth-order valence-electron chi connectivity index (χ4n) is 1.70. The van der Waals surface area contributed by atoms with Crippen LogP contribution in [-0.2, 0) is 7.05 Å². The minimum absolute atomic E-state index is 0.0676. The van der Waals surface area contributed by atoms with Gasteiger partial charge in [-0.05, 0) is 6.07 Å². The van der Waals surface area contributed by atoms with Gasteiger partial charge in [0.25, 0.3) is 5.56 Å². The van der Waals surface area contributed by atoms with E-state index in [1.165, 1.54) is 36.2 Å². The monoisotopic (exact) mass is 309 g/mol. The molecule has 0 saturated heterocycles. The third-order valence-corrected chi connectivity index (χ3v) is 3.10. The second-order valence-corrected chi connectivity index (χ2v) is 4.56. The van der Waals surface area contributed by atoms with Gasteiger partial charge in [0.15, 0.2) is 5.82 Å². The lowest BCUT2D eigenvalue weighted by molar-refractivity contribution is 0.0693. The third-order valence-electron chi connectivity index (χ3n) is 2.79. The van der Waals surface area contributed by atoms with Gasteiger partial charge >= 0.3 is 5.97 Å². The molecule has 21 heavy (non-hydrogen) atoms. The zero-order valence-electron chi connectivity index (χ0n) is 11.3. The zero-order valence-corrected chi connectivity index (χ0v) is 12.0. The summed E-state index contributed by atoms with van der Waals surface area (Å²) in [6, 6.07) is 2.65. The maximum absolute atomic E-state index is 11.9. The van der Waals surface area contributed by atoms with Crippen molar-refractivity contribution in [2.45, 2.75) is 0 Å². The number of carboxylic acid groups (broad SMARTS) is 1. The smallest absolute Gasteiger partial charge is 0.339 e. The zero-order chi connectivity index (χ0) is 15.6. The topological polar surface area (TPSA) is 93.5 Å². The summed E-state index contributed by atoms with van der Waals surface area (Å²) >= 11 is 6.03. The summed E-state index contributed by atoms with van der Waals surface area (Å²) in [5, 5.41) is 12.0. The van der Waals surface area contributed by atoms with Crippen LogP contribution in [-0.4, -0.2) is 27.7 Å². The molecule has 8 heteroatoms. The molecule has 0 unspecified atom stereocenters. The molecule has 1 heterocycles. The molecular formula is C13H12ClN3O4. The van der Waals surface area contributed by atoms with Crippen LogP contribution < -0.4 is 15.6 Å². The summed E-state index contributed by atoms with van der Waals surface area (Å²) in [6.45, 7) is 0. The number of ether oxygens (including phenoxy) is 1. The molecule has 0 spiro atoms. The number of aromatic carboxylic acids is 1. The molecule has 0 radical (unpaired) electrons. The normalized spacial score (nSPS) is 10.2. The number of carboxylic acids is 1. The highest BCUT2D eigenvalue weighted by molar-refractivity contribution is 6.33. The molecule has 0 aliphatic carbocycles. The van der Waals surface area contributed by atoms with Gasteiger partial charge in [0.2, 0.25) is 0 Å². The first-order chi connectivity index (χ1) is 9.93. The average Bonchev–Trinajstić information content (AvgIpc) is 2.45. The van der Waals surface area contributed by atoms with E-state index in [9.17, 15) is 9.59 Å². The lowest BCUT2D eigenvalue weighted by Gasteiger charge is -2.11. The van der Waals surface area contributed by atoms with Gasteiger partial charge in [-0.25, -0.2) is 9.78 Å². The number of rotatable bonds is 4. The summed E-state index contributed by atoms with van der Waals surface area (Å²) in [4.78, 5) is 26.9. The van der Waals surface area contributed by atoms with Crippen molar-refractivity contribution in [3.8, 4) is 5.75 Å². The first-order valence-electron chi connectivity index (χ1n) is 5.83. The van der Waals surface area contributed by atoms with Crippen molar-refractivity contribution in [3.63, 3.8) is 0 Å². The summed E-state index contributed by atoms with van der Waals surface area (Å²) < 4.78 is 6.36. The Bertz CT molecular complexity index is 758. The van der Waals surface area contributed by atoms with E-state index in [0.717, 1.165) is 0 Å². The van der Waals surface area contributed by atoms with Gasteiger partial charge < -0.3 is 19.7 Å². The predicted molar refractivity (Wildman–Crippen MR) is 77.7 cm³/mol. The molecule has 0 aliphatic heterocycles. The van der Waals surface area contributed by atoms with Crippen LogP contribution >= 0.6 is 11.6 Å². The predicted octanol–water partition coefficient (Wildman–Crippen LogP) is 1.88. The Hall–Kier alpha value is -2.54. The van der Waals surface area contributed by atoms with Gasteiger partial charge in [0.1, 0.15) is 11.3 Å². The number of aromatic nitrogens is 2. The molecule has 7 nitrogen and oxygen atoms in total. The van der Waals surface area contributed by atoms with E-state index in [1.807, 2.05) is 0 Å². The first kappa shape index (κ1) is 14.9. The third kappa shape index (κ3) is 2.97. The number of aryl methyl sites for hydroxylation is 1. The second-order valence-electron chi connectivity index (χ2n) is 4.15. The molecule has 1 aromatic carbocycles. The van der Waals surface area contributed by atoms with Gasteiger partial charge in [-0.1, -0.05) is 11.6 Å². The molecule has 0 aliphatic rings. The van der Waals surface area contributed by atoms with Crippen molar-refractivity contribution in [1.82, 2.24) is 9.55 Å². The highest BCUT2D eigenvalue weighted by Gasteiger charge is 2.16. The van der Waals surface area contributed by atoms with Crippen LogP contribution in [0.3, 0.4) is 0 Å². The van der Waals surface area contributed by atoms with Gasteiger partial charge in [0.05, 0.1) is 17.8 Å². The standard InChI is InChI=1S/C13H12ClN3O4/c1-17-4-3-15-11(12(17)18)16-9-6-10(21-2)7(13(19)20)5-8(9)14/h3-6H,1-2H3,(H,15,16)(H,19,20). The Morgan fingerprint density at radius 2 is 2.19 bits per heavy atom. The van der Waals surface area contributed by atoms with E-state index in [2.05, 4.69) is 10.3 Å². The van der Waals surface area contributed by atoms with E-state index in [-0.39, 0.29) is 27.7 Å². The summed E-state index contributed by atoms with van der Waals surface area (Å²) in [5.41, 5.74) is -0.0777. The quantitative estimate of drug-likeness (QED) is 0.895. The molecule has 0 bridgehead atoms. The largest absolute Gasteiger partial charge is 0.496 e. The number of hydrogen-bond donors (Lipinski definition) is 2. The lowest BCUT2D eigenvalue weighted by Crippen LogP contribution is -2.20. The molecule has 2 aromatic rings. The van der Waals surface area contributed by atoms with Gasteiger partial charge in [-0.2, -0.15) is 0 Å². The van der Waals surface area contributed by atoms with Crippen LogP contribution in [0.4, 0.5) is 11.5 Å². The Kier molecular flexibility index (Phi) is 4.13. The van der Waals surface area contributed by atoms with E-state index < -0.39 is 5.97 Å². The van der Waals surface area contributed by atoms with Crippen LogP contribution in [0.15, 0.2) is 29.3 Å². The van der Waals surface area contributed by atoms with Gasteiger partial charge in [-0.15, -0.1) is 0 Å². The van der Waals surface area contributed by atoms with Crippen molar-refractivity contribution >= 4 is 29.1 Å². The number of nitrogens with zero attached hydrogens (tertiary/aromatic N) is 2. The number of methoxy groups -OCH3 is 1. The molecule has 2 rings (SSSR count). The van der Waals surface area contributed by atoms with Crippen molar-refractivity contribution in [3.05, 3.63) is 45.5 Å². The SMILES string of the molecule is COc1cc(Nc2nccn(C)c2=O)c(Cl)cc1C(=O)O. The fourth-order valence-corrected chi connectivity index (χ4v) is 1.91. The molecule has 0 atom stereocenters. The fraction of sp³-hybridized carbons (Fsp3) is 0.154. The number of benzene rings is 1. The van der Waals surface area contributed by atoms with Crippen molar-refractivity contribution in [2.24, 2.45) is 7.05 Å². The summed E-state index contributed by atoms with van der Waals surface area (Å²) in [5.74, 6) is -0.955. The van der Waals surface area contributed by atoms with Crippen LogP contribution in [0.2, 0.25) is 5.02 Å². The van der Waals surface area contributed by atoms with E-state index in [4.69, 9.17) is 21.4 Å². The van der Waals surface area contributed by atoms with E-state index in [0.29, 0.717) is 5.69 Å². The van der Waals surface area contributed by atoms with E-state index >= 15 is 0 Å². The number of halogens is 1. The lowest BCUT2D eigenvalue weighted by atomic mass is 10.2. The maximum atomic E-state index is 11.9. The molecular weight excluding hydrogens is 298 g/mol. The highest BCUT2D eigenvalue weighted by Crippen LogP contribution is 2.32. The molecule has 0 amide bonds. The minimum Gasteiger partial charge on any atom is -0.496 e. The highest BCUT2D eigenvalue weighted by atomic mass is 35.5. The maximum Gasteiger partial charge on any atom is 0.339 e. The number of hydrogen-bond acceptors (Lipinski definition) is 5. The first-order valence-corrected chi connectivity index (χ1v) is 6.21. The van der Waals surface area contributed by atoms with Gasteiger partial charge in [-0.3, -0.25) is 4.79 Å². The molecule has 0 saturated carbocycles. The van der Waals surface area contributed by atoms with Crippen LogP contribution in [0.25, 0.3) is 0 Å². The summed E-state index contributed by atoms with van der Waals surface area (Å²) in [6.07, 6.45) is 2.98. The van der Waals surface area contributed by atoms with E-state index in [1.54, 1.807) is 7.05 Å². The Morgan fingerprint density at radius 1 is 1.48 bits per heavy atom. The Morgan fingerprint density at radius 3 is 2.81 bits per heavy atom. The summed E-state index contributed by atoms with van der Waals surface area (Å²) in [7, 11) is 2.93. The van der Waals surface area contributed by atoms with Crippen LogP contribution in [0, 0.1) is 0 Å². The molecule has 110 valence electrons. The number of nitrogens with one attached hydrogen (secondary N) is 1. The Balaban J connectivity index is 2.48. The number of anilines is 2. The average molecular weight is 310 g/mol. The molecule has 1 aromatic heterocycles. The van der Waals surface area contributed by atoms with Crippen LogP contribution in [0.1, 0.15) is 10.4 Å². The molecule has 0 fully saturated rings. The Labute approximate surface area is 124 Å². The number of carbonyl (C=O) groups is 1. The van der Waals surface area contributed by atoms with Gasteiger partial charge in [0, 0.05) is 25.5 Å². The van der Waals surface area contributed by atoms with Crippen LogP contribution in [0.5, 0.6) is 5.75 Å². The minimum atomic E-state index is -1.16. The van der Waals surface area contributed by atoms with Crippen molar-refractivity contribution < 1.29 is 14.6 Å². The second kappa shape index (κ2) is 5.84. The molecule has 2 N–H and O–H groups in total. The van der Waals surface area contributed by atoms with Crippen molar-refractivity contribution in [1.29, 1.82) is 0 Å². The van der Waals surface area contributed by atoms with Crippen molar-refractivity contribution in [2.75, 3.05) is 12.4 Å².